The van der Waals surface area contributed by atoms with Crippen molar-refractivity contribution in [3.63, 3.8) is 0 Å². The standard InChI is InChI=1S/C25H26ClFIN3O/c26-18-6-5-17(22(27)13-18)14-31-23-15-30(24(32)12-16-3-7-19(28)8-4-16)11-9-20(23)21-2-1-10-29-25(21)31/h1-2,5-6,10,13,16,19H,3-4,7-9,11-12,14-15H2. The lowest BCUT2D eigenvalue weighted by molar-refractivity contribution is -0.133. The lowest BCUT2D eigenvalue weighted by atomic mass is 9.86. The number of halogens is 3. The summed E-state index contributed by atoms with van der Waals surface area (Å²) in [4.78, 5) is 19.8. The van der Waals surface area contributed by atoms with E-state index in [2.05, 4.69) is 38.2 Å². The number of alkyl halides is 1. The summed E-state index contributed by atoms with van der Waals surface area (Å²) in [6, 6.07) is 8.81. The number of amides is 1. The molecule has 1 aliphatic heterocycles. The highest BCUT2D eigenvalue weighted by atomic mass is 127. The van der Waals surface area contributed by atoms with E-state index in [9.17, 15) is 9.18 Å². The van der Waals surface area contributed by atoms with Gasteiger partial charge in [0.1, 0.15) is 11.5 Å². The molecular formula is C25H26ClFIN3O. The molecule has 2 aliphatic rings. The molecule has 0 spiro atoms. The zero-order valence-electron chi connectivity index (χ0n) is 17.9. The van der Waals surface area contributed by atoms with Crippen LogP contribution in [0.4, 0.5) is 4.39 Å². The number of hydrogen-bond donors (Lipinski definition) is 0. The van der Waals surface area contributed by atoms with Crippen LogP contribution in [0.5, 0.6) is 0 Å². The zero-order valence-corrected chi connectivity index (χ0v) is 20.8. The lowest BCUT2D eigenvalue weighted by Crippen LogP contribution is -2.38. The van der Waals surface area contributed by atoms with Crippen LogP contribution in [-0.2, 0) is 24.3 Å². The van der Waals surface area contributed by atoms with Crippen LogP contribution < -0.4 is 0 Å². The van der Waals surface area contributed by atoms with Gasteiger partial charge in [-0.25, -0.2) is 9.37 Å². The lowest BCUT2D eigenvalue weighted by Gasteiger charge is -2.31. The molecule has 0 saturated heterocycles. The van der Waals surface area contributed by atoms with Gasteiger partial charge in [0.2, 0.25) is 5.91 Å². The first-order valence-corrected chi connectivity index (χ1v) is 12.9. The molecule has 3 heterocycles. The Balaban J connectivity index is 1.42. The average Bonchev–Trinajstić information content (AvgIpc) is 3.10. The van der Waals surface area contributed by atoms with E-state index in [1.165, 1.54) is 24.5 Å². The topological polar surface area (TPSA) is 38.1 Å². The Morgan fingerprint density at radius 2 is 2.03 bits per heavy atom. The summed E-state index contributed by atoms with van der Waals surface area (Å²) in [6.07, 6.45) is 7.96. The van der Waals surface area contributed by atoms with Gasteiger partial charge in [-0.15, -0.1) is 0 Å². The maximum Gasteiger partial charge on any atom is 0.223 e. The van der Waals surface area contributed by atoms with Crippen LogP contribution >= 0.6 is 34.2 Å². The van der Waals surface area contributed by atoms with Crippen LogP contribution in [0.15, 0.2) is 36.5 Å². The molecule has 1 fully saturated rings. The fraction of sp³-hybridized carbons (Fsp3) is 0.440. The Morgan fingerprint density at radius 3 is 2.81 bits per heavy atom. The summed E-state index contributed by atoms with van der Waals surface area (Å²) >= 11 is 8.48. The molecule has 168 valence electrons. The van der Waals surface area contributed by atoms with E-state index < -0.39 is 0 Å². The first kappa shape index (κ1) is 22.1. The summed E-state index contributed by atoms with van der Waals surface area (Å²) in [5, 5.41) is 1.49. The quantitative estimate of drug-likeness (QED) is 0.281. The molecule has 1 amide bonds. The minimum Gasteiger partial charge on any atom is -0.337 e. The number of fused-ring (bicyclic) bond motifs is 3. The number of carbonyl (C=O) groups excluding carboxylic acids is 1. The van der Waals surface area contributed by atoms with Gasteiger partial charge in [0.15, 0.2) is 0 Å². The fourth-order valence-corrected chi connectivity index (χ4v) is 6.04. The molecule has 0 atom stereocenters. The number of carbonyl (C=O) groups is 1. The normalized spacial score (nSPS) is 21.0. The molecule has 2 aromatic heterocycles. The van der Waals surface area contributed by atoms with E-state index in [-0.39, 0.29) is 11.7 Å². The van der Waals surface area contributed by atoms with Crippen molar-refractivity contribution >= 4 is 51.1 Å². The van der Waals surface area contributed by atoms with E-state index in [4.69, 9.17) is 11.6 Å². The minimum absolute atomic E-state index is 0.245. The zero-order chi connectivity index (χ0) is 22.2. The SMILES string of the molecule is O=C(CC1CCC(I)CC1)N1CCc2c(n(Cc3ccc(Cl)cc3F)c3ncccc23)C1. The van der Waals surface area contributed by atoms with Gasteiger partial charge in [0, 0.05) is 44.8 Å². The number of hydrogen-bond acceptors (Lipinski definition) is 2. The number of nitrogens with zero attached hydrogens (tertiary/aromatic N) is 3. The molecule has 0 bridgehead atoms. The highest BCUT2D eigenvalue weighted by molar-refractivity contribution is 14.1. The molecule has 0 radical (unpaired) electrons. The van der Waals surface area contributed by atoms with Crippen LogP contribution in [0.1, 0.15) is 48.9 Å². The Labute approximate surface area is 206 Å². The van der Waals surface area contributed by atoms with E-state index in [1.54, 1.807) is 18.3 Å². The van der Waals surface area contributed by atoms with Crippen LogP contribution in [0.2, 0.25) is 5.02 Å². The highest BCUT2D eigenvalue weighted by Crippen LogP contribution is 2.34. The first-order valence-electron chi connectivity index (χ1n) is 11.3. The second-order valence-electron chi connectivity index (χ2n) is 9.01. The van der Waals surface area contributed by atoms with Gasteiger partial charge in [-0.2, -0.15) is 0 Å². The van der Waals surface area contributed by atoms with Crippen molar-refractivity contribution in [2.24, 2.45) is 5.92 Å². The summed E-state index contributed by atoms with van der Waals surface area (Å²) < 4.78 is 17.4. The molecule has 0 unspecified atom stereocenters. The third-order valence-electron chi connectivity index (χ3n) is 6.95. The van der Waals surface area contributed by atoms with Gasteiger partial charge in [-0.3, -0.25) is 4.79 Å². The van der Waals surface area contributed by atoms with Gasteiger partial charge in [-0.1, -0.05) is 40.3 Å². The van der Waals surface area contributed by atoms with Crippen molar-refractivity contribution in [1.82, 2.24) is 14.5 Å². The monoisotopic (exact) mass is 565 g/mol. The summed E-state index contributed by atoms with van der Waals surface area (Å²) in [5.74, 6) is 0.430. The smallest absolute Gasteiger partial charge is 0.223 e. The van der Waals surface area contributed by atoms with E-state index in [1.807, 2.05) is 11.0 Å². The van der Waals surface area contributed by atoms with Crippen LogP contribution in [-0.4, -0.2) is 30.8 Å². The number of rotatable bonds is 4. The van der Waals surface area contributed by atoms with Crippen LogP contribution in [0.3, 0.4) is 0 Å². The molecule has 32 heavy (non-hydrogen) atoms. The maximum absolute atomic E-state index is 14.6. The second kappa shape index (κ2) is 9.29. The molecule has 5 rings (SSSR count). The highest BCUT2D eigenvalue weighted by Gasteiger charge is 2.29. The number of aromatic nitrogens is 2. The van der Waals surface area contributed by atoms with Crippen LogP contribution in [0, 0.1) is 11.7 Å². The van der Waals surface area contributed by atoms with Gasteiger partial charge in [-0.05, 0) is 67.9 Å². The van der Waals surface area contributed by atoms with Crippen molar-refractivity contribution < 1.29 is 9.18 Å². The largest absolute Gasteiger partial charge is 0.337 e. The molecule has 1 saturated carbocycles. The van der Waals surface area contributed by atoms with Crippen molar-refractivity contribution in [2.45, 2.75) is 55.5 Å². The minimum atomic E-state index is -0.321. The summed E-state index contributed by atoms with van der Waals surface area (Å²) in [6.45, 7) is 1.66. The second-order valence-corrected chi connectivity index (χ2v) is 11.2. The maximum atomic E-state index is 14.6. The molecule has 4 nitrogen and oxygen atoms in total. The molecule has 1 aliphatic carbocycles. The predicted molar refractivity (Wildman–Crippen MR) is 134 cm³/mol. The molecule has 0 N–H and O–H groups in total. The van der Waals surface area contributed by atoms with E-state index in [0.717, 1.165) is 46.5 Å². The Hall–Kier alpha value is -1.67. The molecule has 1 aromatic carbocycles. The third kappa shape index (κ3) is 4.40. The molecule has 7 heteroatoms. The van der Waals surface area contributed by atoms with E-state index >= 15 is 0 Å². The number of benzene rings is 1. The Kier molecular flexibility index (Phi) is 6.43. The van der Waals surface area contributed by atoms with Crippen molar-refractivity contribution in [2.75, 3.05) is 6.54 Å². The third-order valence-corrected chi connectivity index (χ3v) is 8.43. The van der Waals surface area contributed by atoms with Gasteiger partial charge in [0.05, 0.1) is 13.1 Å². The predicted octanol–water partition coefficient (Wildman–Crippen LogP) is 6.15. The van der Waals surface area contributed by atoms with Crippen molar-refractivity contribution in [3.05, 3.63) is 64.2 Å². The van der Waals surface area contributed by atoms with E-state index in [0.29, 0.717) is 36.0 Å². The van der Waals surface area contributed by atoms with Gasteiger partial charge in [0.25, 0.3) is 0 Å². The molecule has 3 aromatic rings. The fourth-order valence-electron chi connectivity index (χ4n) is 5.17. The van der Waals surface area contributed by atoms with Gasteiger partial charge < -0.3 is 9.47 Å². The molecular weight excluding hydrogens is 540 g/mol. The average molecular weight is 566 g/mol. The number of pyridine rings is 1. The Bertz CT molecular complexity index is 1160. The summed E-state index contributed by atoms with van der Waals surface area (Å²) in [7, 11) is 0. The Morgan fingerprint density at radius 1 is 1.22 bits per heavy atom. The summed E-state index contributed by atoms with van der Waals surface area (Å²) in [5.41, 5.74) is 3.72. The van der Waals surface area contributed by atoms with Crippen molar-refractivity contribution in [3.8, 4) is 0 Å². The van der Waals surface area contributed by atoms with Crippen LogP contribution in [0.25, 0.3) is 11.0 Å². The van der Waals surface area contributed by atoms with Gasteiger partial charge >= 0.3 is 0 Å². The van der Waals surface area contributed by atoms with Crippen molar-refractivity contribution in [1.29, 1.82) is 0 Å². The first-order chi connectivity index (χ1) is 15.5.